The molecule has 0 aliphatic carbocycles. The second kappa shape index (κ2) is 5.15. The third kappa shape index (κ3) is 2.58. The van der Waals surface area contributed by atoms with Gasteiger partial charge in [-0.05, 0) is 23.8 Å². The first kappa shape index (κ1) is 14.6. The number of nitrogens with zero attached hydrogens (tertiary/aromatic N) is 2. The second-order valence-electron chi connectivity index (χ2n) is 5.07. The largest absolute Gasteiger partial charge is 0.419 e. The van der Waals surface area contributed by atoms with Crippen molar-refractivity contribution in [3.63, 3.8) is 0 Å². The molecule has 2 heterocycles. The lowest BCUT2D eigenvalue weighted by Crippen LogP contribution is -2.23. The number of nitrogens with one attached hydrogen (secondary N) is 1. The summed E-state index contributed by atoms with van der Waals surface area (Å²) in [5.74, 6) is -0.526. The highest BCUT2D eigenvalue weighted by Crippen LogP contribution is 2.18. The van der Waals surface area contributed by atoms with Gasteiger partial charge in [-0.1, -0.05) is 0 Å². The van der Waals surface area contributed by atoms with Gasteiger partial charge in [0, 0.05) is 39.1 Å². The Labute approximate surface area is 126 Å². The SMILES string of the molecule is Cn1ccc(CNS(=O)(=O)c2ccc3c(c2)oc(=O)n3C)c1. The topological polar surface area (TPSA) is 86.2 Å². The van der Waals surface area contributed by atoms with E-state index in [0.717, 1.165) is 5.56 Å². The van der Waals surface area contributed by atoms with Gasteiger partial charge in [-0.25, -0.2) is 17.9 Å². The molecule has 7 nitrogen and oxygen atoms in total. The Balaban J connectivity index is 1.89. The van der Waals surface area contributed by atoms with Crippen molar-refractivity contribution in [2.24, 2.45) is 14.1 Å². The maximum absolute atomic E-state index is 12.3. The third-order valence-corrected chi connectivity index (χ3v) is 4.83. The van der Waals surface area contributed by atoms with Crippen LogP contribution in [0, 0.1) is 0 Å². The van der Waals surface area contributed by atoms with Gasteiger partial charge >= 0.3 is 5.76 Å². The molecule has 0 amide bonds. The minimum Gasteiger partial charge on any atom is -0.408 e. The van der Waals surface area contributed by atoms with E-state index in [0.29, 0.717) is 5.52 Å². The molecule has 8 heteroatoms. The number of hydrogen-bond acceptors (Lipinski definition) is 4. The number of sulfonamides is 1. The summed E-state index contributed by atoms with van der Waals surface area (Å²) in [6.07, 6.45) is 3.68. The van der Waals surface area contributed by atoms with Crippen LogP contribution < -0.4 is 10.5 Å². The van der Waals surface area contributed by atoms with Gasteiger partial charge < -0.3 is 8.98 Å². The Morgan fingerprint density at radius 1 is 1.23 bits per heavy atom. The smallest absolute Gasteiger partial charge is 0.408 e. The van der Waals surface area contributed by atoms with Crippen LogP contribution in [0.25, 0.3) is 11.1 Å². The van der Waals surface area contributed by atoms with Crippen LogP contribution in [0.2, 0.25) is 0 Å². The Bertz CT molecular complexity index is 995. The van der Waals surface area contributed by atoms with Gasteiger partial charge in [0.15, 0.2) is 5.58 Å². The van der Waals surface area contributed by atoms with Crippen LogP contribution >= 0.6 is 0 Å². The monoisotopic (exact) mass is 321 g/mol. The average molecular weight is 321 g/mol. The molecule has 0 fully saturated rings. The molecular weight excluding hydrogens is 306 g/mol. The van der Waals surface area contributed by atoms with Gasteiger partial charge in [0.2, 0.25) is 10.0 Å². The van der Waals surface area contributed by atoms with Crippen LogP contribution in [0.3, 0.4) is 0 Å². The van der Waals surface area contributed by atoms with E-state index < -0.39 is 15.8 Å². The molecule has 0 aliphatic rings. The minimum absolute atomic E-state index is 0.0604. The molecule has 3 rings (SSSR count). The highest BCUT2D eigenvalue weighted by molar-refractivity contribution is 7.89. The molecule has 0 radical (unpaired) electrons. The number of aryl methyl sites for hydroxylation is 2. The molecule has 0 atom stereocenters. The van der Waals surface area contributed by atoms with Crippen molar-refractivity contribution >= 4 is 21.1 Å². The zero-order chi connectivity index (χ0) is 15.9. The Kier molecular flexibility index (Phi) is 3.42. The first-order valence-corrected chi connectivity index (χ1v) is 8.05. The summed E-state index contributed by atoms with van der Waals surface area (Å²) >= 11 is 0. The molecule has 0 spiro atoms. The Morgan fingerprint density at radius 3 is 2.68 bits per heavy atom. The molecule has 2 aromatic heterocycles. The standard InChI is InChI=1S/C14H15N3O4S/c1-16-6-5-10(9-16)8-15-22(19,20)11-3-4-12-13(7-11)21-14(18)17(12)2/h3-7,9,15H,8H2,1-2H3. The van der Waals surface area contributed by atoms with Crippen LogP contribution in [0.1, 0.15) is 5.56 Å². The maximum atomic E-state index is 12.3. The van der Waals surface area contributed by atoms with E-state index in [1.807, 2.05) is 30.1 Å². The van der Waals surface area contributed by atoms with E-state index in [1.54, 1.807) is 13.1 Å². The average Bonchev–Trinajstić information content (AvgIpc) is 3.01. The summed E-state index contributed by atoms with van der Waals surface area (Å²) in [4.78, 5) is 11.5. The molecular formula is C14H15N3O4S. The van der Waals surface area contributed by atoms with Crippen LogP contribution in [0.5, 0.6) is 0 Å². The minimum atomic E-state index is -3.67. The number of benzene rings is 1. The number of fused-ring (bicyclic) bond motifs is 1. The normalized spacial score (nSPS) is 12.1. The first-order valence-electron chi connectivity index (χ1n) is 6.57. The summed E-state index contributed by atoms with van der Waals surface area (Å²) in [7, 11) is -0.245. The number of hydrogen-bond donors (Lipinski definition) is 1. The first-order chi connectivity index (χ1) is 10.4. The Hall–Kier alpha value is -2.32. The predicted molar refractivity (Wildman–Crippen MR) is 80.9 cm³/mol. The third-order valence-electron chi connectivity index (χ3n) is 3.43. The van der Waals surface area contributed by atoms with Crippen LogP contribution in [0.4, 0.5) is 0 Å². The van der Waals surface area contributed by atoms with Crippen molar-refractivity contribution in [2.75, 3.05) is 0 Å². The van der Waals surface area contributed by atoms with Crippen molar-refractivity contribution < 1.29 is 12.8 Å². The lowest BCUT2D eigenvalue weighted by Gasteiger charge is -2.05. The molecule has 3 aromatic rings. The summed E-state index contributed by atoms with van der Waals surface area (Å²) in [5.41, 5.74) is 1.65. The second-order valence-corrected chi connectivity index (χ2v) is 6.83. The number of aromatic nitrogens is 2. The fourth-order valence-electron chi connectivity index (χ4n) is 2.21. The van der Waals surface area contributed by atoms with E-state index in [2.05, 4.69) is 4.72 Å². The van der Waals surface area contributed by atoms with Gasteiger partial charge in [0.25, 0.3) is 0 Å². The zero-order valence-electron chi connectivity index (χ0n) is 12.1. The molecule has 0 aliphatic heterocycles. The molecule has 1 aromatic carbocycles. The molecule has 0 bridgehead atoms. The van der Waals surface area contributed by atoms with E-state index in [1.165, 1.54) is 16.7 Å². The fraction of sp³-hybridized carbons (Fsp3) is 0.214. The summed E-state index contributed by atoms with van der Waals surface area (Å²) in [5, 5.41) is 0. The molecule has 0 saturated heterocycles. The van der Waals surface area contributed by atoms with Crippen LogP contribution in [0.15, 0.2) is 50.8 Å². The van der Waals surface area contributed by atoms with Crippen molar-refractivity contribution in [1.29, 1.82) is 0 Å². The van der Waals surface area contributed by atoms with E-state index in [-0.39, 0.29) is 17.0 Å². The quantitative estimate of drug-likeness (QED) is 0.775. The van der Waals surface area contributed by atoms with Gasteiger partial charge in [0.05, 0.1) is 10.4 Å². The number of oxazole rings is 1. The predicted octanol–water partition coefficient (Wildman–Crippen LogP) is 0.949. The molecule has 22 heavy (non-hydrogen) atoms. The van der Waals surface area contributed by atoms with Crippen LogP contribution in [-0.4, -0.2) is 17.6 Å². The molecule has 0 saturated carbocycles. The van der Waals surface area contributed by atoms with E-state index in [9.17, 15) is 13.2 Å². The Morgan fingerprint density at radius 2 is 2.00 bits per heavy atom. The van der Waals surface area contributed by atoms with Crippen molar-refractivity contribution in [3.8, 4) is 0 Å². The summed E-state index contributed by atoms with van der Waals surface area (Å²) in [6.45, 7) is 0.194. The summed E-state index contributed by atoms with van der Waals surface area (Å²) in [6, 6.07) is 6.19. The lowest BCUT2D eigenvalue weighted by atomic mass is 10.3. The highest BCUT2D eigenvalue weighted by atomic mass is 32.2. The zero-order valence-corrected chi connectivity index (χ0v) is 12.9. The van der Waals surface area contributed by atoms with Crippen molar-refractivity contribution in [2.45, 2.75) is 11.4 Å². The van der Waals surface area contributed by atoms with Crippen molar-refractivity contribution in [3.05, 3.63) is 52.8 Å². The van der Waals surface area contributed by atoms with E-state index in [4.69, 9.17) is 4.42 Å². The number of rotatable bonds is 4. The van der Waals surface area contributed by atoms with Crippen molar-refractivity contribution in [1.82, 2.24) is 13.9 Å². The van der Waals surface area contributed by atoms with Gasteiger partial charge in [-0.15, -0.1) is 0 Å². The summed E-state index contributed by atoms with van der Waals surface area (Å²) < 4.78 is 35.3. The van der Waals surface area contributed by atoms with Gasteiger partial charge in [-0.3, -0.25) is 4.57 Å². The van der Waals surface area contributed by atoms with Gasteiger partial charge in [-0.2, -0.15) is 0 Å². The molecule has 0 unspecified atom stereocenters. The van der Waals surface area contributed by atoms with Gasteiger partial charge in [0.1, 0.15) is 0 Å². The molecule has 1 N–H and O–H groups in total. The maximum Gasteiger partial charge on any atom is 0.419 e. The van der Waals surface area contributed by atoms with E-state index >= 15 is 0 Å². The van der Waals surface area contributed by atoms with Crippen LogP contribution in [-0.2, 0) is 30.7 Å². The fourth-order valence-corrected chi connectivity index (χ4v) is 3.24. The molecule has 116 valence electrons. The lowest BCUT2D eigenvalue weighted by molar-refractivity contribution is 0.527. The highest BCUT2D eigenvalue weighted by Gasteiger charge is 2.16.